The molecule has 0 rings (SSSR count). The van der Waals surface area contributed by atoms with Gasteiger partial charge in [-0.1, -0.05) is 0 Å². The summed E-state index contributed by atoms with van der Waals surface area (Å²) in [7, 11) is 0. The van der Waals surface area contributed by atoms with Gasteiger partial charge < -0.3 is 10.2 Å². The van der Waals surface area contributed by atoms with Crippen LogP contribution in [0.4, 0.5) is 0 Å². The first-order valence-corrected chi connectivity index (χ1v) is 2.84. The Morgan fingerprint density at radius 1 is 1.00 bits per heavy atom. The lowest BCUT2D eigenvalue weighted by molar-refractivity contribution is -0.140. The van der Waals surface area contributed by atoms with Crippen molar-refractivity contribution in [1.82, 2.24) is 0 Å². The Bertz CT molecular complexity index is 134. The largest absolute Gasteiger partial charge is 0.382 e. The lowest BCUT2D eigenvalue weighted by Crippen LogP contribution is -2.37. The first-order valence-electron chi connectivity index (χ1n) is 2.84. The van der Waals surface area contributed by atoms with Crippen molar-refractivity contribution in [1.29, 1.82) is 0 Å². The molecule has 2 N–H and O–H groups in total. The molecule has 4 heteroatoms. The van der Waals surface area contributed by atoms with Gasteiger partial charge in [-0.05, 0) is 13.8 Å². The first kappa shape index (κ1) is 9.26. The Morgan fingerprint density at radius 3 is 1.30 bits per heavy atom. The molecule has 10 heavy (non-hydrogen) atoms. The summed E-state index contributed by atoms with van der Waals surface area (Å²) in [5, 5.41) is 17.5. The van der Waals surface area contributed by atoms with E-state index in [0.717, 1.165) is 13.8 Å². The van der Waals surface area contributed by atoms with Crippen LogP contribution < -0.4 is 0 Å². The Balaban J connectivity index is 4.07. The van der Waals surface area contributed by atoms with Crippen molar-refractivity contribution < 1.29 is 19.8 Å². The summed E-state index contributed by atoms with van der Waals surface area (Å²) in [4.78, 5) is 20.7. The number of ketones is 2. The average Bonchev–Trinajstić information content (AvgIpc) is 1.84. The molecule has 58 valence electrons. The predicted octanol–water partition coefficient (Wildman–Crippen LogP) is -1.11. The molecule has 0 bridgehead atoms. The summed E-state index contributed by atoms with van der Waals surface area (Å²) < 4.78 is 0. The fraction of sp³-hybridized carbons (Fsp3) is 0.667. The summed E-state index contributed by atoms with van der Waals surface area (Å²) >= 11 is 0. The molecular formula is C6H10O4. The Morgan fingerprint density at radius 2 is 1.20 bits per heavy atom. The maximum Gasteiger partial charge on any atom is 0.161 e. The van der Waals surface area contributed by atoms with Gasteiger partial charge >= 0.3 is 0 Å². The number of aliphatic hydroxyl groups excluding tert-OH is 2. The van der Waals surface area contributed by atoms with Gasteiger partial charge in [0, 0.05) is 0 Å². The van der Waals surface area contributed by atoms with Crippen LogP contribution in [0.2, 0.25) is 0 Å². The smallest absolute Gasteiger partial charge is 0.161 e. The molecule has 0 aromatic rings. The van der Waals surface area contributed by atoms with Crippen molar-refractivity contribution >= 4 is 11.6 Å². The van der Waals surface area contributed by atoms with Gasteiger partial charge in [0.2, 0.25) is 0 Å². The zero-order valence-corrected chi connectivity index (χ0v) is 5.87. The van der Waals surface area contributed by atoms with Crippen molar-refractivity contribution in [2.24, 2.45) is 0 Å². The standard InChI is InChI=1S/C6H10O4/c1-3(7)5(9)6(10)4(2)8/h5-6,9-10H,1-2H3. The van der Waals surface area contributed by atoms with Gasteiger partial charge in [-0.15, -0.1) is 0 Å². The molecule has 0 saturated carbocycles. The van der Waals surface area contributed by atoms with Gasteiger partial charge in [0.1, 0.15) is 12.2 Å². The average molecular weight is 146 g/mol. The first-order chi connectivity index (χ1) is 4.46. The van der Waals surface area contributed by atoms with Crippen LogP contribution in [0.3, 0.4) is 0 Å². The number of rotatable bonds is 3. The Kier molecular flexibility index (Phi) is 3.18. The zero-order valence-electron chi connectivity index (χ0n) is 5.87. The van der Waals surface area contributed by atoms with Crippen molar-refractivity contribution in [3.05, 3.63) is 0 Å². The third kappa shape index (κ3) is 2.24. The summed E-state index contributed by atoms with van der Waals surface area (Å²) in [6.07, 6.45) is -3.14. The molecule has 0 aromatic carbocycles. The van der Waals surface area contributed by atoms with Crippen LogP contribution in [0.25, 0.3) is 0 Å². The third-order valence-electron chi connectivity index (χ3n) is 1.13. The number of aliphatic hydroxyl groups is 2. The normalized spacial score (nSPS) is 16.0. The van der Waals surface area contributed by atoms with E-state index in [1.54, 1.807) is 0 Å². The van der Waals surface area contributed by atoms with E-state index in [2.05, 4.69) is 0 Å². The minimum Gasteiger partial charge on any atom is -0.382 e. The van der Waals surface area contributed by atoms with E-state index in [1.807, 2.05) is 0 Å². The molecule has 2 unspecified atom stereocenters. The zero-order chi connectivity index (χ0) is 8.31. The number of hydrogen-bond donors (Lipinski definition) is 2. The topological polar surface area (TPSA) is 74.6 Å². The summed E-state index contributed by atoms with van der Waals surface area (Å²) in [5.74, 6) is -1.22. The SMILES string of the molecule is CC(=O)C(O)C(O)C(C)=O. The third-order valence-corrected chi connectivity index (χ3v) is 1.13. The van der Waals surface area contributed by atoms with Gasteiger partial charge in [0.25, 0.3) is 0 Å². The van der Waals surface area contributed by atoms with Crippen LogP contribution >= 0.6 is 0 Å². The van der Waals surface area contributed by atoms with E-state index in [1.165, 1.54) is 0 Å². The molecule has 0 spiro atoms. The molecule has 0 aliphatic carbocycles. The number of Topliss-reactive ketones (excluding diaryl/α,β-unsaturated/α-hetero) is 2. The van der Waals surface area contributed by atoms with Crippen LogP contribution in [0.15, 0.2) is 0 Å². The second kappa shape index (κ2) is 3.43. The molecule has 0 aliphatic rings. The lowest BCUT2D eigenvalue weighted by atomic mass is 10.1. The molecule has 0 aromatic heterocycles. The Hall–Kier alpha value is -0.740. The van der Waals surface area contributed by atoms with E-state index in [4.69, 9.17) is 10.2 Å². The van der Waals surface area contributed by atoms with Gasteiger partial charge in [-0.25, -0.2) is 0 Å². The van der Waals surface area contributed by atoms with Crippen LogP contribution in [-0.4, -0.2) is 34.0 Å². The highest BCUT2D eigenvalue weighted by molar-refractivity contribution is 5.90. The van der Waals surface area contributed by atoms with Crippen LogP contribution in [0.1, 0.15) is 13.8 Å². The highest BCUT2D eigenvalue weighted by Crippen LogP contribution is 1.95. The van der Waals surface area contributed by atoms with Crippen LogP contribution in [0.5, 0.6) is 0 Å². The van der Waals surface area contributed by atoms with E-state index in [9.17, 15) is 9.59 Å². The fourth-order valence-electron chi connectivity index (χ4n) is 0.445. The minimum atomic E-state index is -1.57. The van der Waals surface area contributed by atoms with E-state index >= 15 is 0 Å². The lowest BCUT2D eigenvalue weighted by Gasteiger charge is -2.10. The molecule has 0 fully saturated rings. The number of hydrogen-bond acceptors (Lipinski definition) is 4. The number of carbonyl (C=O) groups is 2. The molecule has 0 radical (unpaired) electrons. The maximum absolute atomic E-state index is 10.3. The molecule has 0 aliphatic heterocycles. The molecular weight excluding hydrogens is 136 g/mol. The second-order valence-electron chi connectivity index (χ2n) is 2.11. The highest BCUT2D eigenvalue weighted by Gasteiger charge is 2.23. The molecule has 4 nitrogen and oxygen atoms in total. The van der Waals surface area contributed by atoms with Crippen molar-refractivity contribution in [2.45, 2.75) is 26.1 Å². The number of carbonyl (C=O) groups excluding carboxylic acids is 2. The minimum absolute atomic E-state index is 0.609. The van der Waals surface area contributed by atoms with Crippen molar-refractivity contribution in [3.63, 3.8) is 0 Å². The van der Waals surface area contributed by atoms with Gasteiger partial charge in [-0.2, -0.15) is 0 Å². The van der Waals surface area contributed by atoms with Gasteiger partial charge in [-0.3, -0.25) is 9.59 Å². The highest BCUT2D eigenvalue weighted by atomic mass is 16.3. The summed E-state index contributed by atoms with van der Waals surface area (Å²) in [5.41, 5.74) is 0. The molecule has 0 amide bonds. The van der Waals surface area contributed by atoms with E-state index in [-0.39, 0.29) is 0 Å². The van der Waals surface area contributed by atoms with Crippen LogP contribution in [-0.2, 0) is 9.59 Å². The molecule has 0 heterocycles. The van der Waals surface area contributed by atoms with Crippen LogP contribution in [0, 0.1) is 0 Å². The van der Waals surface area contributed by atoms with Gasteiger partial charge in [0.15, 0.2) is 11.6 Å². The molecule has 2 atom stereocenters. The quantitative estimate of drug-likeness (QED) is 0.529. The monoisotopic (exact) mass is 146 g/mol. The molecule has 0 saturated heterocycles. The van der Waals surface area contributed by atoms with E-state index < -0.39 is 23.8 Å². The fourth-order valence-corrected chi connectivity index (χ4v) is 0.445. The predicted molar refractivity (Wildman–Crippen MR) is 33.4 cm³/mol. The summed E-state index contributed by atoms with van der Waals surface area (Å²) in [6.45, 7) is 2.22. The van der Waals surface area contributed by atoms with Gasteiger partial charge in [0.05, 0.1) is 0 Å². The van der Waals surface area contributed by atoms with E-state index in [0.29, 0.717) is 0 Å². The maximum atomic E-state index is 10.3. The van der Waals surface area contributed by atoms with Crippen molar-refractivity contribution in [2.75, 3.05) is 0 Å². The summed E-state index contributed by atoms with van der Waals surface area (Å²) in [6, 6.07) is 0. The van der Waals surface area contributed by atoms with Crippen molar-refractivity contribution in [3.8, 4) is 0 Å². The second-order valence-corrected chi connectivity index (χ2v) is 2.11. The Labute approximate surface area is 58.5 Å².